The zero-order valence-corrected chi connectivity index (χ0v) is 13.1. The second kappa shape index (κ2) is 6.69. The largest absolute Gasteiger partial charge is 0.452 e. The number of rotatable bonds is 6. The van der Waals surface area contributed by atoms with Crippen LogP contribution in [0.1, 0.15) is 30.1 Å². The van der Waals surface area contributed by atoms with Crippen molar-refractivity contribution in [1.82, 2.24) is 9.88 Å². The minimum atomic E-state index is -0.488. The van der Waals surface area contributed by atoms with E-state index in [1.807, 2.05) is 48.1 Å². The number of carbonyl (C=O) groups excluding carboxylic acids is 2. The van der Waals surface area contributed by atoms with E-state index in [1.54, 1.807) is 12.1 Å². The Kier molecular flexibility index (Phi) is 4.46. The van der Waals surface area contributed by atoms with Crippen LogP contribution in [-0.2, 0) is 9.53 Å². The number of benzene rings is 1. The Morgan fingerprint density at radius 1 is 1.22 bits per heavy atom. The molecule has 1 amide bonds. The molecular formula is C18H20N2O3. The smallest absolute Gasteiger partial charge is 0.338 e. The van der Waals surface area contributed by atoms with Crippen LogP contribution in [0.5, 0.6) is 0 Å². The van der Waals surface area contributed by atoms with Crippen molar-refractivity contribution in [3.05, 3.63) is 54.4 Å². The summed E-state index contributed by atoms with van der Waals surface area (Å²) in [5.41, 5.74) is 1.39. The summed E-state index contributed by atoms with van der Waals surface area (Å²) in [7, 11) is 0. The van der Waals surface area contributed by atoms with E-state index in [4.69, 9.17) is 4.74 Å². The van der Waals surface area contributed by atoms with Gasteiger partial charge in [0.05, 0.1) is 5.56 Å². The number of aromatic nitrogens is 1. The van der Waals surface area contributed by atoms with Crippen molar-refractivity contribution in [2.75, 3.05) is 6.61 Å². The summed E-state index contributed by atoms with van der Waals surface area (Å²) in [5.74, 6) is -0.157. The van der Waals surface area contributed by atoms with Gasteiger partial charge in [-0.25, -0.2) is 4.79 Å². The lowest BCUT2D eigenvalue weighted by Gasteiger charge is -2.12. The Balaban J connectivity index is 1.50. The minimum absolute atomic E-state index is 0.155. The number of nitrogens with zero attached hydrogens (tertiary/aromatic N) is 1. The van der Waals surface area contributed by atoms with E-state index >= 15 is 0 Å². The van der Waals surface area contributed by atoms with E-state index < -0.39 is 5.97 Å². The van der Waals surface area contributed by atoms with Crippen LogP contribution in [0.15, 0.2) is 48.8 Å². The Hall–Kier alpha value is -2.56. The van der Waals surface area contributed by atoms with Gasteiger partial charge in [0.1, 0.15) is 0 Å². The van der Waals surface area contributed by atoms with E-state index in [2.05, 4.69) is 5.32 Å². The average molecular weight is 312 g/mol. The molecule has 1 N–H and O–H groups in total. The van der Waals surface area contributed by atoms with Crippen LogP contribution in [0.2, 0.25) is 0 Å². The van der Waals surface area contributed by atoms with Gasteiger partial charge in [0, 0.05) is 24.1 Å². The molecule has 3 rings (SSSR count). The topological polar surface area (TPSA) is 60.3 Å². The van der Waals surface area contributed by atoms with Crippen molar-refractivity contribution < 1.29 is 14.3 Å². The maximum absolute atomic E-state index is 12.0. The van der Waals surface area contributed by atoms with E-state index in [1.165, 1.54) is 0 Å². The second-order valence-electron chi connectivity index (χ2n) is 5.91. The third-order valence-electron chi connectivity index (χ3n) is 4.06. The minimum Gasteiger partial charge on any atom is -0.452 e. The number of hydrogen-bond donors (Lipinski definition) is 1. The summed E-state index contributed by atoms with van der Waals surface area (Å²) < 4.78 is 7.01. The highest BCUT2D eigenvalue weighted by molar-refractivity contribution is 5.91. The Morgan fingerprint density at radius 3 is 2.48 bits per heavy atom. The van der Waals surface area contributed by atoms with Crippen LogP contribution >= 0.6 is 0 Å². The monoisotopic (exact) mass is 312 g/mol. The van der Waals surface area contributed by atoms with Crippen LogP contribution in [0.25, 0.3) is 5.69 Å². The molecule has 1 aromatic carbocycles. The van der Waals surface area contributed by atoms with Gasteiger partial charge in [0.15, 0.2) is 6.61 Å². The molecule has 2 aromatic rings. The Labute approximate surface area is 135 Å². The molecule has 0 unspecified atom stereocenters. The van der Waals surface area contributed by atoms with Crippen molar-refractivity contribution in [1.29, 1.82) is 0 Å². The molecule has 0 aliphatic heterocycles. The maximum atomic E-state index is 12.0. The first kappa shape index (κ1) is 15.3. The van der Waals surface area contributed by atoms with E-state index in [0.717, 1.165) is 18.5 Å². The number of amides is 1. The molecule has 1 aliphatic rings. The third kappa shape index (κ3) is 4.00. The highest BCUT2D eigenvalue weighted by Gasteiger charge is 2.28. The lowest BCUT2D eigenvalue weighted by atomic mass is 10.2. The molecule has 1 heterocycles. The fourth-order valence-corrected chi connectivity index (χ4v) is 2.50. The zero-order valence-electron chi connectivity index (χ0n) is 13.1. The van der Waals surface area contributed by atoms with Crippen LogP contribution in [0.4, 0.5) is 0 Å². The van der Waals surface area contributed by atoms with Crippen LogP contribution in [-0.4, -0.2) is 29.1 Å². The fraction of sp³-hybridized carbons (Fsp3) is 0.333. The van der Waals surface area contributed by atoms with Gasteiger partial charge in [-0.2, -0.15) is 0 Å². The molecule has 5 nitrogen and oxygen atoms in total. The molecule has 1 atom stereocenters. The van der Waals surface area contributed by atoms with Gasteiger partial charge in [-0.1, -0.05) is 0 Å². The molecular weight excluding hydrogens is 292 g/mol. The number of nitrogens with one attached hydrogen (secondary N) is 1. The van der Waals surface area contributed by atoms with Gasteiger partial charge < -0.3 is 14.6 Å². The first-order chi connectivity index (χ1) is 11.1. The molecule has 1 aromatic heterocycles. The summed E-state index contributed by atoms with van der Waals surface area (Å²) in [5, 5.41) is 2.86. The number of ether oxygens (including phenoxy) is 1. The van der Waals surface area contributed by atoms with Gasteiger partial charge in [-0.15, -0.1) is 0 Å². The van der Waals surface area contributed by atoms with Crippen LogP contribution in [0, 0.1) is 5.92 Å². The van der Waals surface area contributed by atoms with E-state index in [-0.39, 0.29) is 18.6 Å². The van der Waals surface area contributed by atoms with E-state index in [9.17, 15) is 9.59 Å². The van der Waals surface area contributed by atoms with Gasteiger partial charge in [0.2, 0.25) is 0 Å². The van der Waals surface area contributed by atoms with Crippen LogP contribution in [0.3, 0.4) is 0 Å². The predicted octanol–water partition coefficient (Wildman–Crippen LogP) is 2.55. The van der Waals surface area contributed by atoms with Crippen molar-refractivity contribution >= 4 is 11.9 Å². The summed E-state index contributed by atoms with van der Waals surface area (Å²) in [6, 6.07) is 11.1. The van der Waals surface area contributed by atoms with Gasteiger partial charge in [-0.3, -0.25) is 4.79 Å². The van der Waals surface area contributed by atoms with Crippen molar-refractivity contribution in [3.8, 4) is 5.69 Å². The van der Waals surface area contributed by atoms with Gasteiger partial charge in [-0.05, 0) is 62.1 Å². The maximum Gasteiger partial charge on any atom is 0.338 e. The molecule has 0 radical (unpaired) electrons. The van der Waals surface area contributed by atoms with E-state index in [0.29, 0.717) is 11.5 Å². The van der Waals surface area contributed by atoms with Crippen molar-refractivity contribution in [2.45, 2.75) is 25.8 Å². The number of carbonyl (C=O) groups is 2. The highest BCUT2D eigenvalue weighted by Crippen LogP contribution is 2.32. The Bertz CT molecular complexity index is 673. The molecule has 0 saturated heterocycles. The van der Waals surface area contributed by atoms with Gasteiger partial charge >= 0.3 is 5.97 Å². The normalized spacial score (nSPS) is 15.0. The Morgan fingerprint density at radius 2 is 1.87 bits per heavy atom. The van der Waals surface area contributed by atoms with Crippen molar-refractivity contribution in [2.24, 2.45) is 5.92 Å². The standard InChI is InChI=1S/C18H20N2O3/c1-13(14-4-5-14)19-17(21)12-23-18(22)15-6-8-16(9-7-15)20-10-2-3-11-20/h2-3,6-11,13-14H,4-5,12H2,1H3,(H,19,21)/t13-/m1/s1. The number of esters is 1. The van der Waals surface area contributed by atoms with Crippen molar-refractivity contribution in [3.63, 3.8) is 0 Å². The van der Waals surface area contributed by atoms with Gasteiger partial charge in [0.25, 0.3) is 5.91 Å². The summed E-state index contributed by atoms with van der Waals surface area (Å²) in [6.07, 6.45) is 6.18. The average Bonchev–Trinajstić information content (AvgIpc) is 3.28. The summed E-state index contributed by atoms with van der Waals surface area (Å²) in [4.78, 5) is 23.7. The molecule has 1 aliphatic carbocycles. The SMILES string of the molecule is C[C@@H](NC(=O)COC(=O)c1ccc(-n2cccc2)cc1)C1CC1. The third-order valence-corrected chi connectivity index (χ3v) is 4.06. The highest BCUT2D eigenvalue weighted by atomic mass is 16.5. The number of hydrogen-bond acceptors (Lipinski definition) is 3. The lowest BCUT2D eigenvalue weighted by molar-refractivity contribution is -0.124. The molecule has 0 bridgehead atoms. The molecule has 1 saturated carbocycles. The first-order valence-corrected chi connectivity index (χ1v) is 7.83. The summed E-state index contributed by atoms with van der Waals surface area (Å²) >= 11 is 0. The lowest BCUT2D eigenvalue weighted by Crippen LogP contribution is -2.37. The molecule has 5 heteroatoms. The van der Waals surface area contributed by atoms with Crippen LogP contribution < -0.4 is 5.32 Å². The predicted molar refractivity (Wildman–Crippen MR) is 86.4 cm³/mol. The first-order valence-electron chi connectivity index (χ1n) is 7.83. The summed E-state index contributed by atoms with van der Waals surface area (Å²) in [6.45, 7) is 1.74. The zero-order chi connectivity index (χ0) is 16.2. The molecule has 23 heavy (non-hydrogen) atoms. The second-order valence-corrected chi connectivity index (χ2v) is 5.91. The molecule has 120 valence electrons. The molecule has 1 fully saturated rings. The fourth-order valence-electron chi connectivity index (χ4n) is 2.50. The molecule has 0 spiro atoms. The quantitative estimate of drug-likeness (QED) is 0.834.